The highest BCUT2D eigenvalue weighted by molar-refractivity contribution is 7.11. The topological polar surface area (TPSA) is 0 Å². The third-order valence-corrected chi connectivity index (χ3v) is 5.54. The molecular weight excluding hydrogens is 348 g/mol. The number of hydrogen-bond acceptors (Lipinski definition) is 1. The molecule has 0 aliphatic heterocycles. The molecule has 0 unspecified atom stereocenters. The van der Waals surface area contributed by atoms with Crippen LogP contribution in [0.4, 0.5) is 17.6 Å². The van der Waals surface area contributed by atoms with Crippen LogP contribution in [-0.2, 0) is 12.8 Å². The number of rotatable bonds is 5. The summed E-state index contributed by atoms with van der Waals surface area (Å²) in [5.41, 5.74) is 3.09. The largest absolute Gasteiger partial charge is 0.314 e. The molecule has 0 saturated heterocycles. The van der Waals surface area contributed by atoms with Crippen molar-refractivity contribution in [2.24, 2.45) is 0 Å². The molecule has 0 atom stereocenters. The van der Waals surface area contributed by atoms with Gasteiger partial charge in [-0.3, -0.25) is 0 Å². The Balaban J connectivity index is 1.72. The van der Waals surface area contributed by atoms with Gasteiger partial charge in [0.25, 0.3) is 0 Å². The van der Waals surface area contributed by atoms with Crippen molar-refractivity contribution in [2.75, 3.05) is 0 Å². The van der Waals surface area contributed by atoms with Crippen molar-refractivity contribution in [2.45, 2.75) is 37.5 Å². The summed E-state index contributed by atoms with van der Waals surface area (Å²) in [6.45, 7) is 8.07. The second kappa shape index (κ2) is 6.45. The molecular formula is C20H18F4S. The van der Waals surface area contributed by atoms with Gasteiger partial charge in [0.15, 0.2) is 0 Å². The SMILES string of the molecule is C=C(CCC(=C)c1cccs1)c1ccc2c(c1)CC(F)(F)C(F)(F)C2. The maximum Gasteiger partial charge on any atom is 0.314 e. The lowest BCUT2D eigenvalue weighted by atomic mass is 9.84. The first-order valence-corrected chi connectivity index (χ1v) is 8.85. The van der Waals surface area contributed by atoms with E-state index in [1.165, 1.54) is 6.07 Å². The van der Waals surface area contributed by atoms with Crippen molar-refractivity contribution >= 4 is 22.5 Å². The van der Waals surface area contributed by atoms with Crippen molar-refractivity contribution in [1.82, 2.24) is 0 Å². The fraction of sp³-hybridized carbons (Fsp3) is 0.300. The Morgan fingerprint density at radius 3 is 2.20 bits per heavy atom. The highest BCUT2D eigenvalue weighted by Gasteiger charge is 2.58. The molecule has 0 N–H and O–H groups in total. The zero-order valence-electron chi connectivity index (χ0n) is 13.6. The Kier molecular flexibility index (Phi) is 4.62. The number of halogens is 4. The van der Waals surface area contributed by atoms with Gasteiger partial charge < -0.3 is 0 Å². The van der Waals surface area contributed by atoms with E-state index in [4.69, 9.17) is 0 Å². The van der Waals surface area contributed by atoms with E-state index >= 15 is 0 Å². The third kappa shape index (κ3) is 3.56. The van der Waals surface area contributed by atoms with Gasteiger partial charge in [0, 0.05) is 17.7 Å². The van der Waals surface area contributed by atoms with Gasteiger partial charge in [-0.15, -0.1) is 11.3 Å². The number of fused-ring (bicyclic) bond motifs is 1. The Morgan fingerprint density at radius 1 is 0.920 bits per heavy atom. The van der Waals surface area contributed by atoms with Gasteiger partial charge in [-0.1, -0.05) is 37.4 Å². The summed E-state index contributed by atoms with van der Waals surface area (Å²) in [6, 6.07) is 8.74. The smallest absolute Gasteiger partial charge is 0.200 e. The monoisotopic (exact) mass is 366 g/mol. The van der Waals surface area contributed by atoms with Crippen LogP contribution in [0.3, 0.4) is 0 Å². The molecule has 0 saturated carbocycles. The zero-order chi connectivity index (χ0) is 18.2. The van der Waals surface area contributed by atoms with Crippen molar-refractivity contribution in [3.8, 4) is 0 Å². The Labute approximate surface area is 148 Å². The van der Waals surface area contributed by atoms with E-state index in [0.29, 0.717) is 12.8 Å². The zero-order valence-corrected chi connectivity index (χ0v) is 14.4. The molecule has 0 amide bonds. The number of alkyl halides is 4. The van der Waals surface area contributed by atoms with Gasteiger partial charge in [0.2, 0.25) is 0 Å². The molecule has 1 heterocycles. The summed E-state index contributed by atoms with van der Waals surface area (Å²) in [4.78, 5) is 1.11. The standard InChI is InChI=1S/C20H18F4S/c1-13(5-6-14(2)18-4-3-9-25-18)15-7-8-16-11-19(21,22)20(23,24)12-17(16)10-15/h3-4,7-10H,1-2,5-6,11-12H2. The Hall–Kier alpha value is -1.88. The van der Waals surface area contributed by atoms with E-state index in [1.54, 1.807) is 23.5 Å². The second-order valence-electron chi connectivity index (χ2n) is 6.43. The average molecular weight is 366 g/mol. The molecule has 132 valence electrons. The average Bonchev–Trinajstić information content (AvgIpc) is 3.07. The fourth-order valence-corrected chi connectivity index (χ4v) is 3.70. The minimum atomic E-state index is -4.01. The fourth-order valence-electron chi connectivity index (χ4n) is 2.97. The summed E-state index contributed by atoms with van der Waals surface area (Å²) >= 11 is 1.61. The lowest BCUT2D eigenvalue weighted by Gasteiger charge is -2.32. The van der Waals surface area contributed by atoms with Crippen LogP contribution in [0.2, 0.25) is 0 Å². The molecule has 0 bridgehead atoms. The molecule has 5 heteroatoms. The van der Waals surface area contributed by atoms with Crippen LogP contribution in [0.1, 0.15) is 34.4 Å². The minimum absolute atomic E-state index is 0.284. The van der Waals surface area contributed by atoms with Gasteiger partial charge >= 0.3 is 11.8 Å². The van der Waals surface area contributed by atoms with E-state index in [9.17, 15) is 17.6 Å². The van der Waals surface area contributed by atoms with Gasteiger partial charge in [-0.25, -0.2) is 0 Å². The van der Waals surface area contributed by atoms with E-state index in [0.717, 1.165) is 21.6 Å². The van der Waals surface area contributed by atoms with Crippen molar-refractivity contribution in [3.63, 3.8) is 0 Å². The van der Waals surface area contributed by atoms with Crippen molar-refractivity contribution in [3.05, 3.63) is 70.4 Å². The summed E-state index contributed by atoms with van der Waals surface area (Å²) in [5, 5.41) is 1.98. The first-order chi connectivity index (χ1) is 11.7. The van der Waals surface area contributed by atoms with Gasteiger partial charge in [-0.05, 0) is 52.1 Å². The van der Waals surface area contributed by atoms with Crippen LogP contribution in [0.15, 0.2) is 48.9 Å². The van der Waals surface area contributed by atoms with Crippen molar-refractivity contribution < 1.29 is 17.6 Å². The van der Waals surface area contributed by atoms with Crippen LogP contribution in [0, 0.1) is 0 Å². The summed E-state index contributed by atoms with van der Waals surface area (Å²) in [7, 11) is 0. The Bertz CT molecular complexity index is 803. The third-order valence-electron chi connectivity index (χ3n) is 4.57. The highest BCUT2D eigenvalue weighted by atomic mass is 32.1. The lowest BCUT2D eigenvalue weighted by molar-refractivity contribution is -0.211. The van der Waals surface area contributed by atoms with Crippen LogP contribution in [-0.4, -0.2) is 11.8 Å². The van der Waals surface area contributed by atoms with E-state index < -0.39 is 24.7 Å². The molecule has 0 spiro atoms. The number of allylic oxidation sites excluding steroid dienone is 2. The van der Waals surface area contributed by atoms with Crippen LogP contribution >= 0.6 is 11.3 Å². The number of benzene rings is 1. The second-order valence-corrected chi connectivity index (χ2v) is 7.38. The van der Waals surface area contributed by atoms with Crippen molar-refractivity contribution in [1.29, 1.82) is 0 Å². The maximum atomic E-state index is 13.6. The first kappa shape index (κ1) is 17.9. The number of thiophene rings is 1. The summed E-state index contributed by atoms with van der Waals surface area (Å²) < 4.78 is 54.2. The minimum Gasteiger partial charge on any atom is -0.200 e. The van der Waals surface area contributed by atoms with E-state index in [1.807, 2.05) is 17.5 Å². The molecule has 3 rings (SSSR count). The molecule has 0 nitrogen and oxygen atoms in total. The molecule has 25 heavy (non-hydrogen) atoms. The Morgan fingerprint density at radius 2 is 1.56 bits per heavy atom. The molecule has 1 aliphatic rings. The van der Waals surface area contributed by atoms with E-state index in [2.05, 4.69) is 13.2 Å². The molecule has 0 radical (unpaired) electrons. The molecule has 2 aromatic rings. The van der Waals surface area contributed by atoms with Gasteiger partial charge in [0.1, 0.15) is 0 Å². The molecule has 1 aliphatic carbocycles. The summed E-state index contributed by atoms with van der Waals surface area (Å²) in [5.74, 6) is -8.00. The van der Waals surface area contributed by atoms with Gasteiger partial charge in [0.05, 0.1) is 0 Å². The first-order valence-electron chi connectivity index (χ1n) is 7.97. The maximum absolute atomic E-state index is 13.6. The summed E-state index contributed by atoms with van der Waals surface area (Å²) in [6.07, 6.45) is -0.498. The normalized spacial score (nSPS) is 17.8. The van der Waals surface area contributed by atoms with Gasteiger partial charge in [-0.2, -0.15) is 17.6 Å². The van der Waals surface area contributed by atoms with Crippen LogP contribution < -0.4 is 0 Å². The molecule has 1 aromatic heterocycles. The highest BCUT2D eigenvalue weighted by Crippen LogP contribution is 2.44. The predicted molar refractivity (Wildman–Crippen MR) is 95.4 cm³/mol. The van der Waals surface area contributed by atoms with Crippen LogP contribution in [0.25, 0.3) is 11.1 Å². The number of hydrogen-bond donors (Lipinski definition) is 0. The lowest BCUT2D eigenvalue weighted by Crippen LogP contribution is -2.47. The van der Waals surface area contributed by atoms with Crippen LogP contribution in [0.5, 0.6) is 0 Å². The predicted octanol–water partition coefficient (Wildman–Crippen LogP) is 6.62. The van der Waals surface area contributed by atoms with E-state index in [-0.39, 0.29) is 11.1 Å². The quantitative estimate of drug-likeness (QED) is 0.521. The molecule has 1 aromatic carbocycles. The molecule has 0 fully saturated rings.